The van der Waals surface area contributed by atoms with Gasteiger partial charge in [-0.25, -0.2) is 8.42 Å². The second kappa shape index (κ2) is 3.24. The van der Waals surface area contributed by atoms with Crippen molar-refractivity contribution < 1.29 is 8.42 Å². The van der Waals surface area contributed by atoms with Crippen LogP contribution in [-0.4, -0.2) is 31.5 Å². The van der Waals surface area contributed by atoms with Gasteiger partial charge < -0.3 is 5.32 Å². The molecule has 0 unspecified atom stereocenters. The molecule has 0 heterocycles. The standard InChI is InChI=1S/C9H19NO2S/c1-9(2,3)10-7-5-8(6-7)13(4,11)12/h7-8,10H,5-6H2,1-4H3. The first-order chi connectivity index (χ1) is 5.68. The Morgan fingerprint density at radius 3 is 2.00 bits per heavy atom. The molecule has 0 amide bonds. The summed E-state index contributed by atoms with van der Waals surface area (Å²) in [6.07, 6.45) is 2.87. The Labute approximate surface area is 80.8 Å². The smallest absolute Gasteiger partial charge is 0.150 e. The van der Waals surface area contributed by atoms with Gasteiger partial charge in [-0.05, 0) is 33.6 Å². The molecule has 0 aromatic carbocycles. The second-order valence-corrected chi connectivity index (χ2v) is 7.34. The average Bonchev–Trinajstić information content (AvgIpc) is 1.71. The van der Waals surface area contributed by atoms with Crippen molar-refractivity contribution >= 4 is 9.84 Å². The van der Waals surface area contributed by atoms with Gasteiger partial charge in [0.15, 0.2) is 0 Å². The Kier molecular flexibility index (Phi) is 2.74. The maximum atomic E-state index is 11.1. The summed E-state index contributed by atoms with van der Waals surface area (Å²) in [5.41, 5.74) is 0.0904. The highest BCUT2D eigenvalue weighted by Gasteiger charge is 2.37. The summed E-state index contributed by atoms with van der Waals surface area (Å²) in [6.45, 7) is 6.29. The van der Waals surface area contributed by atoms with Gasteiger partial charge in [0.05, 0.1) is 5.25 Å². The molecule has 3 nitrogen and oxygen atoms in total. The first-order valence-corrected chi connectivity index (χ1v) is 6.60. The molecule has 1 aliphatic carbocycles. The van der Waals surface area contributed by atoms with Crippen LogP contribution in [-0.2, 0) is 9.84 Å². The highest BCUT2D eigenvalue weighted by molar-refractivity contribution is 7.91. The fraction of sp³-hybridized carbons (Fsp3) is 1.00. The van der Waals surface area contributed by atoms with Crippen molar-refractivity contribution in [3.63, 3.8) is 0 Å². The summed E-state index contributed by atoms with van der Waals surface area (Å²) in [5, 5.41) is 3.29. The van der Waals surface area contributed by atoms with Crippen LogP contribution in [0.1, 0.15) is 33.6 Å². The fourth-order valence-corrected chi connectivity index (χ4v) is 2.81. The maximum absolute atomic E-state index is 11.1. The molecule has 1 N–H and O–H groups in total. The summed E-state index contributed by atoms with van der Waals surface area (Å²) in [7, 11) is -2.79. The number of rotatable bonds is 2. The van der Waals surface area contributed by atoms with E-state index in [1.165, 1.54) is 6.26 Å². The van der Waals surface area contributed by atoms with Crippen molar-refractivity contribution in [3.8, 4) is 0 Å². The Balaban J connectivity index is 2.35. The lowest BCUT2D eigenvalue weighted by Gasteiger charge is -2.39. The summed E-state index contributed by atoms with van der Waals surface area (Å²) >= 11 is 0. The van der Waals surface area contributed by atoms with E-state index in [1.54, 1.807) is 0 Å². The molecule has 1 aliphatic rings. The minimum Gasteiger partial charge on any atom is -0.309 e. The molecular weight excluding hydrogens is 186 g/mol. The zero-order valence-electron chi connectivity index (χ0n) is 8.79. The molecule has 0 aliphatic heterocycles. The van der Waals surface area contributed by atoms with E-state index in [4.69, 9.17) is 0 Å². The number of sulfone groups is 1. The molecular formula is C9H19NO2S. The molecule has 13 heavy (non-hydrogen) atoms. The summed E-state index contributed by atoms with van der Waals surface area (Å²) in [5.74, 6) is 0. The third kappa shape index (κ3) is 3.27. The SMILES string of the molecule is CC(C)(C)NC1CC(S(C)(=O)=O)C1. The molecule has 0 radical (unpaired) electrons. The van der Waals surface area contributed by atoms with Crippen molar-refractivity contribution in [2.24, 2.45) is 0 Å². The predicted molar refractivity (Wildman–Crippen MR) is 54.5 cm³/mol. The molecule has 78 valence electrons. The van der Waals surface area contributed by atoms with Gasteiger partial charge in [0, 0.05) is 17.8 Å². The normalized spacial score (nSPS) is 29.8. The molecule has 1 saturated carbocycles. The fourth-order valence-electron chi connectivity index (χ4n) is 1.65. The van der Waals surface area contributed by atoms with Gasteiger partial charge >= 0.3 is 0 Å². The van der Waals surface area contributed by atoms with E-state index in [1.807, 2.05) is 0 Å². The van der Waals surface area contributed by atoms with Gasteiger partial charge in [-0.2, -0.15) is 0 Å². The molecule has 0 aromatic rings. The van der Waals surface area contributed by atoms with E-state index in [9.17, 15) is 8.42 Å². The van der Waals surface area contributed by atoms with E-state index < -0.39 is 9.84 Å². The predicted octanol–water partition coefficient (Wildman–Crippen LogP) is 0.950. The van der Waals surface area contributed by atoms with Crippen LogP contribution >= 0.6 is 0 Å². The van der Waals surface area contributed by atoms with E-state index in [0.717, 1.165) is 12.8 Å². The average molecular weight is 205 g/mol. The third-order valence-corrected chi connectivity index (χ3v) is 3.93. The van der Waals surface area contributed by atoms with Gasteiger partial charge in [0.2, 0.25) is 0 Å². The Morgan fingerprint density at radius 2 is 1.69 bits per heavy atom. The van der Waals surface area contributed by atoms with Crippen LogP contribution in [0.15, 0.2) is 0 Å². The van der Waals surface area contributed by atoms with E-state index >= 15 is 0 Å². The first-order valence-electron chi connectivity index (χ1n) is 4.65. The second-order valence-electron chi connectivity index (χ2n) is 5.01. The number of hydrogen-bond acceptors (Lipinski definition) is 3. The van der Waals surface area contributed by atoms with Crippen molar-refractivity contribution in [1.82, 2.24) is 5.32 Å². The summed E-state index contributed by atoms with van der Waals surface area (Å²) in [6, 6.07) is 0.389. The minimum absolute atomic E-state index is 0.0904. The van der Waals surface area contributed by atoms with Crippen LogP contribution in [0.5, 0.6) is 0 Å². The zero-order chi connectivity index (χ0) is 10.3. The van der Waals surface area contributed by atoms with Crippen LogP contribution in [0.25, 0.3) is 0 Å². The molecule has 1 fully saturated rings. The van der Waals surface area contributed by atoms with E-state index in [2.05, 4.69) is 26.1 Å². The van der Waals surface area contributed by atoms with Gasteiger partial charge in [-0.15, -0.1) is 0 Å². The van der Waals surface area contributed by atoms with Crippen molar-refractivity contribution in [1.29, 1.82) is 0 Å². The zero-order valence-corrected chi connectivity index (χ0v) is 9.61. The lowest BCUT2D eigenvalue weighted by Crippen LogP contribution is -2.53. The Hall–Kier alpha value is -0.0900. The Morgan fingerprint density at radius 1 is 1.23 bits per heavy atom. The van der Waals surface area contributed by atoms with E-state index in [-0.39, 0.29) is 10.8 Å². The van der Waals surface area contributed by atoms with Crippen molar-refractivity contribution in [3.05, 3.63) is 0 Å². The molecule has 0 spiro atoms. The summed E-state index contributed by atoms with van der Waals surface area (Å²) < 4.78 is 22.2. The van der Waals surface area contributed by atoms with Crippen molar-refractivity contribution in [2.75, 3.05) is 6.26 Å². The lowest BCUT2D eigenvalue weighted by molar-refractivity contribution is 0.267. The quantitative estimate of drug-likeness (QED) is 0.730. The highest BCUT2D eigenvalue weighted by atomic mass is 32.2. The van der Waals surface area contributed by atoms with Crippen LogP contribution in [0.3, 0.4) is 0 Å². The Bertz CT molecular complexity index is 270. The van der Waals surface area contributed by atoms with Crippen LogP contribution in [0.2, 0.25) is 0 Å². The molecule has 0 saturated heterocycles. The largest absolute Gasteiger partial charge is 0.309 e. The molecule has 1 rings (SSSR count). The van der Waals surface area contributed by atoms with Gasteiger partial charge in [-0.3, -0.25) is 0 Å². The maximum Gasteiger partial charge on any atom is 0.150 e. The minimum atomic E-state index is -2.79. The summed E-state index contributed by atoms with van der Waals surface area (Å²) in [4.78, 5) is 0. The molecule has 0 atom stereocenters. The van der Waals surface area contributed by atoms with Gasteiger partial charge in [-0.1, -0.05) is 0 Å². The van der Waals surface area contributed by atoms with Crippen LogP contribution < -0.4 is 5.32 Å². The number of hydrogen-bond donors (Lipinski definition) is 1. The first kappa shape index (κ1) is 11.0. The lowest BCUT2D eigenvalue weighted by atomic mass is 9.90. The van der Waals surface area contributed by atoms with Gasteiger partial charge in [0.1, 0.15) is 9.84 Å². The number of nitrogens with one attached hydrogen (secondary N) is 1. The topological polar surface area (TPSA) is 46.2 Å². The van der Waals surface area contributed by atoms with Crippen molar-refractivity contribution in [2.45, 2.75) is 50.4 Å². The van der Waals surface area contributed by atoms with Crippen LogP contribution in [0.4, 0.5) is 0 Å². The molecule has 0 bridgehead atoms. The van der Waals surface area contributed by atoms with Gasteiger partial charge in [0.25, 0.3) is 0 Å². The molecule has 4 heteroatoms. The third-order valence-electron chi connectivity index (χ3n) is 2.34. The van der Waals surface area contributed by atoms with E-state index in [0.29, 0.717) is 6.04 Å². The van der Waals surface area contributed by atoms with Crippen LogP contribution in [0, 0.1) is 0 Å². The monoisotopic (exact) mass is 205 g/mol. The highest BCUT2D eigenvalue weighted by Crippen LogP contribution is 2.27. The molecule has 0 aromatic heterocycles.